The first-order valence-corrected chi connectivity index (χ1v) is 17.4. The summed E-state index contributed by atoms with van der Waals surface area (Å²) in [6, 6.07) is 0. The van der Waals surface area contributed by atoms with Crippen molar-refractivity contribution >= 4 is 16.0 Å². The average Bonchev–Trinajstić information content (AvgIpc) is 3.23. The highest BCUT2D eigenvalue weighted by molar-refractivity contribution is 7.85. The van der Waals surface area contributed by atoms with E-state index in [0.29, 0.717) is 54.5 Å². The number of rotatable bonds is 7. The van der Waals surface area contributed by atoms with Crippen LogP contribution in [0.2, 0.25) is 0 Å². The molecule has 38 heavy (non-hydrogen) atoms. The zero-order chi connectivity index (χ0) is 27.3. The molecule has 0 radical (unpaired) electrons. The van der Waals surface area contributed by atoms with Crippen molar-refractivity contribution in [2.45, 2.75) is 117 Å². The van der Waals surface area contributed by atoms with E-state index in [4.69, 9.17) is 4.55 Å². The number of fused-ring (bicyclic) bond motifs is 5. The number of nitrogens with zero attached hydrogens (tertiary/aromatic N) is 1. The van der Waals surface area contributed by atoms with Gasteiger partial charge in [-0.2, -0.15) is 8.42 Å². The zero-order valence-electron chi connectivity index (χ0n) is 24.1. The largest absolute Gasteiger partial charge is 0.393 e. The zero-order valence-corrected chi connectivity index (χ0v) is 24.9. The Kier molecular flexibility index (Phi) is 8.32. The quantitative estimate of drug-likeness (QED) is 0.382. The number of carbonyl (C=O) groups is 1. The molecule has 0 aromatic carbocycles. The van der Waals surface area contributed by atoms with Crippen molar-refractivity contribution in [3.05, 3.63) is 0 Å². The molecule has 0 bridgehead atoms. The number of carbonyl (C=O) groups excluding carboxylic acids is 1. The maximum Gasteiger partial charge on any atom is 0.264 e. The molecule has 1 heterocycles. The molecule has 2 N–H and O–H groups in total. The molecule has 5 fully saturated rings. The molecule has 1 amide bonds. The molecule has 0 aromatic rings. The topological polar surface area (TPSA) is 94.9 Å². The molecule has 0 spiro atoms. The van der Waals surface area contributed by atoms with Crippen LogP contribution in [0.3, 0.4) is 0 Å². The lowest BCUT2D eigenvalue weighted by atomic mass is 9.44. The summed E-state index contributed by atoms with van der Waals surface area (Å²) in [6.45, 7) is 9.00. The van der Waals surface area contributed by atoms with Crippen molar-refractivity contribution < 1.29 is 22.9 Å². The number of amides is 1. The smallest absolute Gasteiger partial charge is 0.264 e. The Labute approximate surface area is 231 Å². The lowest BCUT2D eigenvalue weighted by molar-refractivity contribution is -0.134. The third-order valence-electron chi connectivity index (χ3n) is 13.0. The number of likely N-dealkylation sites (tertiary alicyclic amines) is 1. The predicted octanol–water partition coefficient (Wildman–Crippen LogP) is 5.94. The van der Waals surface area contributed by atoms with Crippen molar-refractivity contribution in [1.29, 1.82) is 0 Å². The van der Waals surface area contributed by atoms with Crippen molar-refractivity contribution in [2.24, 2.45) is 52.3 Å². The third kappa shape index (κ3) is 5.59. The molecule has 7 heteroatoms. The van der Waals surface area contributed by atoms with Gasteiger partial charge in [-0.1, -0.05) is 20.8 Å². The molecule has 0 aromatic heterocycles. The molecule has 5 aliphatic rings. The van der Waals surface area contributed by atoms with Crippen LogP contribution in [0, 0.1) is 52.3 Å². The van der Waals surface area contributed by atoms with E-state index in [9.17, 15) is 18.3 Å². The first-order valence-electron chi connectivity index (χ1n) is 15.8. The molecule has 9 atom stereocenters. The molecule has 4 aliphatic carbocycles. The average molecular weight is 552 g/mol. The minimum Gasteiger partial charge on any atom is -0.393 e. The standard InChI is InChI=1S/C31H53NO5S/c1-21(4-9-29(34)32-17-12-22(13-18-32)14-19-38(35,36)37)26-7-8-27-25-6-5-23-20-24(33)10-15-30(23,2)28(25)11-16-31(26,27)3/h21-28,33H,4-20H2,1-3H3,(H,35,36,37)/t21-,23-,24-,25+,26-,27+,28+,30+,31-/m1/s1. The van der Waals surface area contributed by atoms with E-state index in [1.165, 1.54) is 44.9 Å². The van der Waals surface area contributed by atoms with Crippen LogP contribution in [0.4, 0.5) is 0 Å². The summed E-state index contributed by atoms with van der Waals surface area (Å²) in [5, 5.41) is 10.3. The van der Waals surface area contributed by atoms with Crippen molar-refractivity contribution in [1.82, 2.24) is 4.90 Å². The Balaban J connectivity index is 1.13. The van der Waals surface area contributed by atoms with Gasteiger partial charge in [-0.05, 0) is 136 Å². The van der Waals surface area contributed by atoms with Gasteiger partial charge in [-0.15, -0.1) is 0 Å². The Morgan fingerprint density at radius 1 is 0.947 bits per heavy atom. The summed E-state index contributed by atoms with van der Waals surface area (Å²) in [5.41, 5.74) is 0.839. The van der Waals surface area contributed by atoms with Gasteiger partial charge >= 0.3 is 0 Å². The normalized spacial score (nSPS) is 42.7. The maximum absolute atomic E-state index is 13.1. The number of piperidine rings is 1. The summed E-state index contributed by atoms with van der Waals surface area (Å²) >= 11 is 0. The van der Waals surface area contributed by atoms with Gasteiger partial charge in [0.2, 0.25) is 5.91 Å². The summed E-state index contributed by atoms with van der Waals surface area (Å²) in [6.07, 6.45) is 15.0. The molecule has 218 valence electrons. The molecule has 6 nitrogen and oxygen atoms in total. The van der Waals surface area contributed by atoms with Gasteiger partial charge in [0.25, 0.3) is 10.1 Å². The number of aliphatic hydroxyl groups is 1. The Morgan fingerprint density at radius 2 is 1.63 bits per heavy atom. The number of aliphatic hydroxyl groups excluding tert-OH is 1. The molecule has 0 unspecified atom stereocenters. The Hall–Kier alpha value is -0.660. The van der Waals surface area contributed by atoms with Gasteiger partial charge in [-0.25, -0.2) is 0 Å². The number of hydrogen-bond donors (Lipinski definition) is 2. The van der Waals surface area contributed by atoms with E-state index >= 15 is 0 Å². The van der Waals surface area contributed by atoms with Crippen LogP contribution in [0.25, 0.3) is 0 Å². The van der Waals surface area contributed by atoms with Crippen LogP contribution >= 0.6 is 0 Å². The summed E-state index contributed by atoms with van der Waals surface area (Å²) in [7, 11) is -3.90. The Morgan fingerprint density at radius 3 is 2.34 bits per heavy atom. The van der Waals surface area contributed by atoms with Gasteiger partial charge in [0, 0.05) is 19.5 Å². The minimum atomic E-state index is -3.90. The van der Waals surface area contributed by atoms with Gasteiger partial charge in [0.05, 0.1) is 11.9 Å². The van der Waals surface area contributed by atoms with Crippen LogP contribution in [0.15, 0.2) is 0 Å². The minimum absolute atomic E-state index is 0.0747. The van der Waals surface area contributed by atoms with E-state index in [2.05, 4.69) is 20.8 Å². The first kappa shape index (κ1) is 28.9. The van der Waals surface area contributed by atoms with Crippen LogP contribution < -0.4 is 0 Å². The van der Waals surface area contributed by atoms with Gasteiger partial charge in [0.1, 0.15) is 0 Å². The highest BCUT2D eigenvalue weighted by atomic mass is 32.2. The lowest BCUT2D eigenvalue weighted by Gasteiger charge is -2.61. The predicted molar refractivity (Wildman–Crippen MR) is 150 cm³/mol. The number of hydrogen-bond acceptors (Lipinski definition) is 4. The molecule has 1 saturated heterocycles. The van der Waals surface area contributed by atoms with E-state index < -0.39 is 10.1 Å². The lowest BCUT2D eigenvalue weighted by Crippen LogP contribution is -2.54. The third-order valence-corrected chi connectivity index (χ3v) is 13.7. The van der Waals surface area contributed by atoms with E-state index in [-0.39, 0.29) is 23.7 Å². The fourth-order valence-electron chi connectivity index (χ4n) is 10.7. The summed E-state index contributed by atoms with van der Waals surface area (Å²) in [4.78, 5) is 15.0. The highest BCUT2D eigenvalue weighted by Gasteiger charge is 2.60. The van der Waals surface area contributed by atoms with Crippen molar-refractivity contribution in [2.75, 3.05) is 18.8 Å². The fourth-order valence-corrected chi connectivity index (χ4v) is 11.3. The van der Waals surface area contributed by atoms with Gasteiger partial charge < -0.3 is 10.0 Å². The second-order valence-electron chi connectivity index (χ2n) is 14.7. The molecule has 4 saturated carbocycles. The van der Waals surface area contributed by atoms with Crippen LogP contribution in [-0.2, 0) is 14.9 Å². The summed E-state index contributed by atoms with van der Waals surface area (Å²) in [5.74, 6) is 4.88. The maximum atomic E-state index is 13.1. The first-order chi connectivity index (χ1) is 17.9. The SMILES string of the molecule is C[C@H](CCC(=O)N1CCC(CCS(=O)(=O)O)CC1)[C@H]1CC[C@H]2[C@@H]3CC[C@@H]4C[C@H](O)CC[C@]4(C)[C@H]3CC[C@]12C. The van der Waals surface area contributed by atoms with Gasteiger partial charge in [-0.3, -0.25) is 9.35 Å². The summed E-state index contributed by atoms with van der Waals surface area (Å²) < 4.78 is 31.1. The van der Waals surface area contributed by atoms with E-state index in [1.54, 1.807) is 0 Å². The second kappa shape index (κ2) is 11.0. The van der Waals surface area contributed by atoms with E-state index in [0.717, 1.165) is 49.9 Å². The van der Waals surface area contributed by atoms with Crippen LogP contribution in [0.1, 0.15) is 111 Å². The van der Waals surface area contributed by atoms with Gasteiger partial charge in [0.15, 0.2) is 0 Å². The Bertz CT molecular complexity index is 961. The van der Waals surface area contributed by atoms with E-state index in [1.807, 2.05) is 4.90 Å². The van der Waals surface area contributed by atoms with Crippen LogP contribution in [-0.4, -0.2) is 53.8 Å². The second-order valence-corrected chi connectivity index (χ2v) is 16.3. The molecular formula is C31H53NO5S. The van der Waals surface area contributed by atoms with Crippen molar-refractivity contribution in [3.63, 3.8) is 0 Å². The molecular weight excluding hydrogens is 498 g/mol. The van der Waals surface area contributed by atoms with Crippen molar-refractivity contribution in [3.8, 4) is 0 Å². The molecule has 1 aliphatic heterocycles. The monoisotopic (exact) mass is 551 g/mol. The highest BCUT2D eigenvalue weighted by Crippen LogP contribution is 2.68. The van der Waals surface area contributed by atoms with Crippen LogP contribution in [0.5, 0.6) is 0 Å². The fraction of sp³-hybridized carbons (Fsp3) is 0.968. The molecule has 5 rings (SSSR count).